The Bertz CT molecular complexity index is 625. The molecule has 0 aliphatic heterocycles. The lowest BCUT2D eigenvalue weighted by atomic mass is 10.0. The van der Waals surface area contributed by atoms with Gasteiger partial charge in [0.25, 0.3) is 0 Å². The monoisotopic (exact) mass is 301 g/mol. The molecule has 0 spiro atoms. The molecular weight excluding hydrogens is 281 g/mol. The number of rotatable bonds is 6. The minimum absolute atomic E-state index is 0.0419. The van der Waals surface area contributed by atoms with Crippen LogP contribution >= 0.6 is 0 Å². The van der Waals surface area contributed by atoms with Crippen LogP contribution in [0.25, 0.3) is 0 Å². The van der Waals surface area contributed by atoms with E-state index in [9.17, 15) is 14.3 Å². The van der Waals surface area contributed by atoms with E-state index in [0.717, 1.165) is 11.1 Å². The molecule has 1 amide bonds. The summed E-state index contributed by atoms with van der Waals surface area (Å²) in [4.78, 5) is 12.0. The van der Waals surface area contributed by atoms with Crippen molar-refractivity contribution in [1.82, 2.24) is 5.32 Å². The van der Waals surface area contributed by atoms with Crippen LogP contribution in [0.1, 0.15) is 18.1 Å². The standard InChI is InChI=1S/C18H20FNO2/c1-13(12-14-6-8-16(19)9-7-14)18(22)20-11-10-15-4-2-3-5-17(15)21/h2-9,13,21H,10-12H2,1H3,(H,20,22). The maximum atomic E-state index is 12.8. The van der Waals surface area contributed by atoms with Crippen LogP contribution in [0.15, 0.2) is 48.5 Å². The average molecular weight is 301 g/mol. The van der Waals surface area contributed by atoms with Gasteiger partial charge in [0.05, 0.1) is 0 Å². The van der Waals surface area contributed by atoms with Gasteiger partial charge in [-0.1, -0.05) is 37.3 Å². The lowest BCUT2D eigenvalue weighted by Gasteiger charge is -2.12. The summed E-state index contributed by atoms with van der Waals surface area (Å²) < 4.78 is 12.8. The molecule has 0 fully saturated rings. The Labute approximate surface area is 129 Å². The Morgan fingerprint density at radius 3 is 2.55 bits per heavy atom. The maximum Gasteiger partial charge on any atom is 0.223 e. The van der Waals surface area contributed by atoms with Crippen LogP contribution in [0.2, 0.25) is 0 Å². The number of nitrogens with one attached hydrogen (secondary N) is 1. The highest BCUT2D eigenvalue weighted by atomic mass is 19.1. The van der Waals surface area contributed by atoms with Crippen LogP contribution < -0.4 is 5.32 Å². The predicted molar refractivity (Wildman–Crippen MR) is 84.1 cm³/mol. The minimum Gasteiger partial charge on any atom is -0.508 e. The van der Waals surface area contributed by atoms with Crippen molar-refractivity contribution in [3.8, 4) is 5.75 Å². The number of phenolic OH excluding ortho intramolecular Hbond substituents is 1. The third-order valence-corrected chi connectivity index (χ3v) is 3.59. The molecule has 2 N–H and O–H groups in total. The average Bonchev–Trinajstić information content (AvgIpc) is 2.51. The first-order chi connectivity index (χ1) is 10.6. The molecule has 0 bridgehead atoms. The summed E-state index contributed by atoms with van der Waals surface area (Å²) in [6.45, 7) is 2.32. The predicted octanol–water partition coefficient (Wildman–Crippen LogP) is 3.07. The van der Waals surface area contributed by atoms with E-state index in [0.29, 0.717) is 19.4 Å². The van der Waals surface area contributed by atoms with Gasteiger partial charge < -0.3 is 10.4 Å². The van der Waals surface area contributed by atoms with Gasteiger partial charge in [0, 0.05) is 12.5 Å². The number of phenols is 1. The van der Waals surface area contributed by atoms with E-state index in [1.807, 2.05) is 19.1 Å². The lowest BCUT2D eigenvalue weighted by Crippen LogP contribution is -2.31. The van der Waals surface area contributed by atoms with Gasteiger partial charge in [-0.3, -0.25) is 4.79 Å². The van der Waals surface area contributed by atoms with Gasteiger partial charge in [0.2, 0.25) is 5.91 Å². The van der Waals surface area contributed by atoms with Gasteiger partial charge >= 0.3 is 0 Å². The summed E-state index contributed by atoms with van der Waals surface area (Å²) in [6.07, 6.45) is 1.16. The van der Waals surface area contributed by atoms with Crippen molar-refractivity contribution < 1.29 is 14.3 Å². The number of hydrogen-bond donors (Lipinski definition) is 2. The molecule has 116 valence electrons. The number of carbonyl (C=O) groups excluding carboxylic acids is 1. The van der Waals surface area contributed by atoms with E-state index in [-0.39, 0.29) is 23.4 Å². The second-order valence-electron chi connectivity index (χ2n) is 5.40. The lowest BCUT2D eigenvalue weighted by molar-refractivity contribution is -0.124. The number of carbonyl (C=O) groups is 1. The van der Waals surface area contributed by atoms with Crippen molar-refractivity contribution >= 4 is 5.91 Å². The molecule has 22 heavy (non-hydrogen) atoms. The fourth-order valence-electron chi connectivity index (χ4n) is 2.28. The zero-order chi connectivity index (χ0) is 15.9. The smallest absolute Gasteiger partial charge is 0.223 e. The van der Waals surface area contributed by atoms with Gasteiger partial charge in [-0.2, -0.15) is 0 Å². The molecule has 0 saturated carbocycles. The Balaban J connectivity index is 1.79. The molecule has 0 saturated heterocycles. The van der Waals surface area contributed by atoms with Crippen LogP contribution in [-0.2, 0) is 17.6 Å². The van der Waals surface area contributed by atoms with Crippen molar-refractivity contribution in [1.29, 1.82) is 0 Å². The van der Waals surface area contributed by atoms with Crippen molar-refractivity contribution in [2.75, 3.05) is 6.54 Å². The summed E-state index contributed by atoms with van der Waals surface area (Å²) >= 11 is 0. The van der Waals surface area contributed by atoms with Crippen LogP contribution in [0.5, 0.6) is 5.75 Å². The Morgan fingerprint density at radius 1 is 1.18 bits per heavy atom. The maximum absolute atomic E-state index is 12.8. The molecule has 4 heteroatoms. The normalized spacial score (nSPS) is 11.9. The summed E-state index contributed by atoms with van der Waals surface area (Å²) in [5.74, 6) is -0.255. The van der Waals surface area contributed by atoms with Crippen molar-refractivity contribution in [2.24, 2.45) is 5.92 Å². The van der Waals surface area contributed by atoms with E-state index >= 15 is 0 Å². The van der Waals surface area contributed by atoms with Crippen molar-refractivity contribution in [2.45, 2.75) is 19.8 Å². The number of amides is 1. The van der Waals surface area contributed by atoms with Crippen LogP contribution in [0.4, 0.5) is 4.39 Å². The largest absolute Gasteiger partial charge is 0.508 e. The summed E-state index contributed by atoms with van der Waals surface area (Å²) in [5.41, 5.74) is 1.75. The van der Waals surface area contributed by atoms with Crippen molar-refractivity contribution in [3.05, 3.63) is 65.5 Å². The highest BCUT2D eigenvalue weighted by Gasteiger charge is 2.13. The van der Waals surface area contributed by atoms with Crippen molar-refractivity contribution in [3.63, 3.8) is 0 Å². The topological polar surface area (TPSA) is 49.3 Å². The van der Waals surface area contributed by atoms with E-state index < -0.39 is 0 Å². The third kappa shape index (κ3) is 4.58. The highest BCUT2D eigenvalue weighted by Crippen LogP contribution is 2.15. The van der Waals surface area contributed by atoms with Gasteiger partial charge in [0.1, 0.15) is 11.6 Å². The molecule has 2 aromatic carbocycles. The summed E-state index contributed by atoms with van der Waals surface area (Å²) in [7, 11) is 0. The fourth-order valence-corrected chi connectivity index (χ4v) is 2.28. The van der Waals surface area contributed by atoms with Gasteiger partial charge in [-0.25, -0.2) is 4.39 Å². The molecule has 0 aliphatic rings. The Hall–Kier alpha value is -2.36. The Kier molecular flexibility index (Phi) is 5.53. The van der Waals surface area contributed by atoms with Gasteiger partial charge in [0.15, 0.2) is 0 Å². The first kappa shape index (κ1) is 16.0. The van der Waals surface area contributed by atoms with E-state index in [4.69, 9.17) is 0 Å². The quantitative estimate of drug-likeness (QED) is 0.861. The van der Waals surface area contributed by atoms with Gasteiger partial charge in [-0.15, -0.1) is 0 Å². The second kappa shape index (κ2) is 7.59. The highest BCUT2D eigenvalue weighted by molar-refractivity contribution is 5.78. The molecule has 0 radical (unpaired) electrons. The first-order valence-corrected chi connectivity index (χ1v) is 7.35. The molecule has 2 aromatic rings. The fraction of sp³-hybridized carbons (Fsp3) is 0.278. The summed E-state index contributed by atoms with van der Waals surface area (Å²) in [6, 6.07) is 13.3. The minimum atomic E-state index is -0.275. The number of para-hydroxylation sites is 1. The van der Waals surface area contributed by atoms with E-state index in [2.05, 4.69) is 5.32 Å². The molecule has 1 atom stereocenters. The molecule has 3 nitrogen and oxygen atoms in total. The third-order valence-electron chi connectivity index (χ3n) is 3.59. The zero-order valence-corrected chi connectivity index (χ0v) is 12.6. The molecule has 0 aromatic heterocycles. The number of hydrogen-bond acceptors (Lipinski definition) is 2. The zero-order valence-electron chi connectivity index (χ0n) is 12.6. The van der Waals surface area contributed by atoms with Crippen LogP contribution in [0.3, 0.4) is 0 Å². The second-order valence-corrected chi connectivity index (χ2v) is 5.40. The SMILES string of the molecule is CC(Cc1ccc(F)cc1)C(=O)NCCc1ccccc1O. The van der Waals surface area contributed by atoms with Crippen LogP contribution in [0, 0.1) is 11.7 Å². The molecule has 0 aliphatic carbocycles. The van der Waals surface area contributed by atoms with E-state index in [1.54, 1.807) is 24.3 Å². The van der Waals surface area contributed by atoms with E-state index in [1.165, 1.54) is 12.1 Å². The number of halogens is 1. The summed E-state index contributed by atoms with van der Waals surface area (Å²) in [5, 5.41) is 12.5. The molecular formula is C18H20FNO2. The molecule has 0 heterocycles. The number of benzene rings is 2. The number of aromatic hydroxyl groups is 1. The Morgan fingerprint density at radius 2 is 1.86 bits per heavy atom. The van der Waals surface area contributed by atoms with Gasteiger partial charge in [-0.05, 0) is 42.2 Å². The molecule has 2 rings (SSSR count). The first-order valence-electron chi connectivity index (χ1n) is 7.35. The van der Waals surface area contributed by atoms with Crippen LogP contribution in [-0.4, -0.2) is 17.6 Å². The molecule has 1 unspecified atom stereocenters.